The van der Waals surface area contributed by atoms with Crippen molar-refractivity contribution in [3.05, 3.63) is 120 Å². The number of ether oxygens (including phenoxy) is 4. The van der Waals surface area contributed by atoms with Gasteiger partial charge in [0.05, 0.1) is 37.4 Å². The van der Waals surface area contributed by atoms with Gasteiger partial charge in [0.25, 0.3) is 0 Å². The number of methoxy groups -OCH3 is 1. The first-order valence-electron chi connectivity index (χ1n) is 19.0. The zero-order valence-electron chi connectivity index (χ0n) is 33.5. The number of allylic oxidation sites excluding steroid dienone is 9. The lowest BCUT2D eigenvalue weighted by atomic mass is 9.71. The number of benzene rings is 1. The average Bonchev–Trinajstić information content (AvgIpc) is 3.54. The molecule has 1 aromatic carbocycles. The molecular formula is C44H59NO12. The third-order valence-electron chi connectivity index (χ3n) is 10.2. The molecule has 1 aromatic rings. The highest BCUT2D eigenvalue weighted by Gasteiger charge is 2.62. The predicted octanol–water partition coefficient (Wildman–Crippen LogP) is 3.90. The molecule has 2 aliphatic heterocycles. The molecule has 2 saturated heterocycles. The van der Waals surface area contributed by atoms with Crippen molar-refractivity contribution in [1.82, 2.24) is 5.32 Å². The van der Waals surface area contributed by atoms with Crippen LogP contribution >= 0.6 is 0 Å². The molecule has 6 unspecified atom stereocenters. The second kappa shape index (κ2) is 22.5. The van der Waals surface area contributed by atoms with E-state index in [0.717, 1.165) is 11.6 Å². The van der Waals surface area contributed by atoms with Gasteiger partial charge in [-0.05, 0) is 25.0 Å². The van der Waals surface area contributed by atoms with Crippen LogP contribution in [0.25, 0.3) is 0 Å². The molecule has 0 saturated carbocycles. The molecule has 0 aromatic heterocycles. The van der Waals surface area contributed by atoms with Crippen molar-refractivity contribution < 1.29 is 58.9 Å². The average molecular weight is 794 g/mol. The molecule has 2 heterocycles. The SMILES string of the molecule is C/C=C\C=C\[C@@H]1O[C@](O)(C(CO)C(=O)NC/C=C/C=C(\C)C(OC)C(C)C2CC(O)C(/C=C/C=C/C=C/C(=O)O)O2)[C@H](O)[C@H](OC(=O)Cc2ccccc2)C1(C)C. The van der Waals surface area contributed by atoms with Gasteiger partial charge in [0, 0.05) is 37.5 Å². The van der Waals surface area contributed by atoms with Gasteiger partial charge in [-0.15, -0.1) is 0 Å². The van der Waals surface area contributed by atoms with Gasteiger partial charge < -0.3 is 49.8 Å². The number of rotatable bonds is 19. The molecule has 13 nitrogen and oxygen atoms in total. The van der Waals surface area contributed by atoms with Crippen molar-refractivity contribution in [3.63, 3.8) is 0 Å². The second-order valence-corrected chi connectivity index (χ2v) is 14.8. The van der Waals surface area contributed by atoms with Crippen LogP contribution in [-0.2, 0) is 39.8 Å². The van der Waals surface area contributed by atoms with Gasteiger partial charge >= 0.3 is 11.9 Å². The van der Waals surface area contributed by atoms with Gasteiger partial charge in [0.15, 0.2) is 0 Å². The molecule has 13 heteroatoms. The Morgan fingerprint density at radius 2 is 1.70 bits per heavy atom. The standard InChI is InChI=1S/C44H59NO12/c1-7-8-12-23-36-43(4,5)41(56-38(50)26-31-20-13-11-14-21-31)40(51)44(53,57-36)32(28-46)42(52)45-25-18-17-19-29(2)39(54-6)30(3)35-27-33(47)34(55-35)22-15-9-10-16-24-37(48)49/h7-24,30,32-36,39-41,46-47,51,53H,25-28H2,1-6H3,(H,45,52)(H,48,49)/b8-7-,10-9+,18-17+,22-15+,23-12+,24-16+,29-19+/t30?,32?,33?,34?,35?,36-,39?,40+,41-,44+/m0/s1. The van der Waals surface area contributed by atoms with Crippen molar-refractivity contribution in [1.29, 1.82) is 0 Å². The number of carboxylic acids is 1. The minimum atomic E-state index is -2.64. The summed E-state index contributed by atoms with van der Waals surface area (Å²) in [5.41, 5.74) is 0.479. The van der Waals surface area contributed by atoms with Gasteiger partial charge in [0.1, 0.15) is 24.2 Å². The molecule has 10 atom stereocenters. The minimum Gasteiger partial charge on any atom is -0.478 e. The summed E-state index contributed by atoms with van der Waals surface area (Å²) in [6.45, 7) is 8.22. The fourth-order valence-electron chi connectivity index (χ4n) is 6.97. The highest BCUT2D eigenvalue weighted by Crippen LogP contribution is 2.45. The molecule has 0 bridgehead atoms. The number of hydrogen-bond acceptors (Lipinski definition) is 11. The Morgan fingerprint density at radius 3 is 2.35 bits per heavy atom. The molecule has 2 fully saturated rings. The lowest BCUT2D eigenvalue weighted by molar-refractivity contribution is -0.362. The number of aliphatic hydroxyl groups is 4. The Bertz CT molecular complexity index is 1680. The topological polar surface area (TPSA) is 201 Å². The highest BCUT2D eigenvalue weighted by atomic mass is 16.7. The fraction of sp³-hybridized carbons (Fsp3) is 0.477. The summed E-state index contributed by atoms with van der Waals surface area (Å²) in [5.74, 6) is -6.93. The van der Waals surface area contributed by atoms with Crippen LogP contribution in [0.2, 0.25) is 0 Å². The highest BCUT2D eigenvalue weighted by molar-refractivity contribution is 5.80. The molecule has 2 aliphatic rings. The van der Waals surface area contributed by atoms with E-state index in [4.69, 9.17) is 24.1 Å². The summed E-state index contributed by atoms with van der Waals surface area (Å²) in [4.78, 5) is 37.2. The summed E-state index contributed by atoms with van der Waals surface area (Å²) in [5, 5.41) is 55.8. The number of carbonyl (C=O) groups is 3. The van der Waals surface area contributed by atoms with Gasteiger partial charge in [0.2, 0.25) is 11.7 Å². The largest absolute Gasteiger partial charge is 0.478 e. The third kappa shape index (κ3) is 13.0. The smallest absolute Gasteiger partial charge is 0.328 e. The van der Waals surface area contributed by atoms with Crippen molar-refractivity contribution in [3.8, 4) is 0 Å². The monoisotopic (exact) mass is 793 g/mol. The molecule has 0 spiro atoms. The predicted molar refractivity (Wildman–Crippen MR) is 214 cm³/mol. The van der Waals surface area contributed by atoms with E-state index in [1.54, 1.807) is 106 Å². The third-order valence-corrected chi connectivity index (χ3v) is 10.2. The lowest BCUT2D eigenvalue weighted by Gasteiger charge is -2.53. The van der Waals surface area contributed by atoms with Crippen molar-refractivity contribution in [2.75, 3.05) is 20.3 Å². The van der Waals surface area contributed by atoms with E-state index in [1.165, 1.54) is 6.08 Å². The van der Waals surface area contributed by atoms with Crippen LogP contribution in [0.5, 0.6) is 0 Å². The lowest BCUT2D eigenvalue weighted by Crippen LogP contribution is -2.70. The normalized spacial score (nSPS) is 28.6. The number of carbonyl (C=O) groups excluding carboxylic acids is 2. The summed E-state index contributed by atoms with van der Waals surface area (Å²) in [6.07, 6.45) is 15.3. The Hall–Kier alpha value is -4.47. The molecular weight excluding hydrogens is 734 g/mol. The maximum Gasteiger partial charge on any atom is 0.328 e. The van der Waals surface area contributed by atoms with Gasteiger partial charge in [-0.3, -0.25) is 9.59 Å². The van der Waals surface area contributed by atoms with E-state index in [-0.39, 0.29) is 31.1 Å². The van der Waals surface area contributed by atoms with E-state index in [9.17, 15) is 34.8 Å². The first-order chi connectivity index (χ1) is 27.1. The Kier molecular flexibility index (Phi) is 18.5. The van der Waals surface area contributed by atoms with E-state index in [2.05, 4.69) is 5.32 Å². The second-order valence-electron chi connectivity index (χ2n) is 14.8. The number of amides is 1. The van der Waals surface area contributed by atoms with Crippen molar-refractivity contribution >= 4 is 17.8 Å². The van der Waals surface area contributed by atoms with Crippen LogP contribution in [-0.4, -0.2) is 112 Å². The zero-order valence-corrected chi connectivity index (χ0v) is 33.5. The first kappa shape index (κ1) is 46.9. The number of carboxylic acid groups (broad SMARTS) is 1. The van der Waals surface area contributed by atoms with E-state index in [1.807, 2.05) is 32.9 Å². The van der Waals surface area contributed by atoms with Crippen molar-refractivity contribution in [2.24, 2.45) is 17.3 Å². The van der Waals surface area contributed by atoms with E-state index < -0.39 is 72.1 Å². The number of hydrogen-bond donors (Lipinski definition) is 6. The quantitative estimate of drug-likeness (QED) is 0.0672. The van der Waals surface area contributed by atoms with E-state index >= 15 is 0 Å². The molecule has 3 rings (SSSR count). The minimum absolute atomic E-state index is 0.00338. The number of nitrogens with one attached hydrogen (secondary N) is 1. The van der Waals surface area contributed by atoms with Crippen LogP contribution in [0, 0.1) is 17.3 Å². The van der Waals surface area contributed by atoms with Gasteiger partial charge in [-0.1, -0.05) is 124 Å². The molecule has 6 N–H and O–H groups in total. The van der Waals surface area contributed by atoms with E-state index in [0.29, 0.717) is 12.0 Å². The zero-order chi connectivity index (χ0) is 42.2. The first-order valence-corrected chi connectivity index (χ1v) is 19.0. The summed E-state index contributed by atoms with van der Waals surface area (Å²) < 4.78 is 23.8. The van der Waals surface area contributed by atoms with Crippen LogP contribution in [0.15, 0.2) is 115 Å². The Balaban J connectivity index is 1.68. The molecule has 1 amide bonds. The molecule has 0 radical (unpaired) electrons. The van der Waals surface area contributed by atoms with Gasteiger partial charge in [-0.25, -0.2) is 4.79 Å². The molecule has 57 heavy (non-hydrogen) atoms. The van der Waals surface area contributed by atoms with Crippen LogP contribution in [0.1, 0.15) is 46.6 Å². The Labute approximate surface area is 335 Å². The number of aliphatic carboxylic acids is 1. The van der Waals surface area contributed by atoms with Gasteiger partial charge in [-0.2, -0.15) is 0 Å². The molecule has 312 valence electrons. The number of aliphatic hydroxyl groups excluding tert-OH is 3. The van der Waals surface area contributed by atoms with Crippen LogP contribution < -0.4 is 5.32 Å². The summed E-state index contributed by atoms with van der Waals surface area (Å²) in [6, 6.07) is 8.92. The maximum atomic E-state index is 13.5. The summed E-state index contributed by atoms with van der Waals surface area (Å²) in [7, 11) is 1.58. The van der Waals surface area contributed by atoms with Crippen LogP contribution in [0.4, 0.5) is 0 Å². The van der Waals surface area contributed by atoms with Crippen molar-refractivity contribution in [2.45, 2.75) is 96.0 Å². The Morgan fingerprint density at radius 1 is 1.02 bits per heavy atom. The number of esters is 1. The fourth-order valence-corrected chi connectivity index (χ4v) is 6.97. The maximum absolute atomic E-state index is 13.5. The molecule has 0 aliphatic carbocycles. The van der Waals surface area contributed by atoms with Crippen LogP contribution in [0.3, 0.4) is 0 Å². The summed E-state index contributed by atoms with van der Waals surface area (Å²) >= 11 is 0.